The summed E-state index contributed by atoms with van der Waals surface area (Å²) in [7, 11) is 0. The Bertz CT molecular complexity index is 625. The van der Waals surface area contributed by atoms with Crippen LogP contribution in [0.5, 0.6) is 0 Å². The van der Waals surface area contributed by atoms with Crippen molar-refractivity contribution in [3.63, 3.8) is 0 Å². The average Bonchev–Trinajstić information content (AvgIpc) is 2.82. The number of rotatable bonds is 0. The molecule has 4 aliphatic rings. The molecule has 1 unspecified atom stereocenters. The summed E-state index contributed by atoms with van der Waals surface area (Å²) in [5, 5.41) is 10.6. The highest BCUT2D eigenvalue weighted by Gasteiger charge is 2.62. The van der Waals surface area contributed by atoms with Gasteiger partial charge >= 0.3 is 0 Å². The molecule has 140 valence electrons. The molecule has 5 heteroatoms. The summed E-state index contributed by atoms with van der Waals surface area (Å²) in [5.41, 5.74) is 1.02. The number of allylic oxidation sites excluding steroid dienone is 1. The summed E-state index contributed by atoms with van der Waals surface area (Å²) in [5.74, 6) is 1.45. The number of hydrogen-bond donors (Lipinski definition) is 1. The van der Waals surface area contributed by atoms with Crippen LogP contribution in [-0.4, -0.2) is 20.8 Å². The van der Waals surface area contributed by atoms with Gasteiger partial charge in [0.1, 0.15) is 0 Å². The molecule has 0 aromatic rings. The Balaban J connectivity index is 1.78. The lowest BCUT2D eigenvalue weighted by atomic mass is 9.45. The highest BCUT2D eigenvalue weighted by Crippen LogP contribution is 2.68. The van der Waals surface area contributed by atoms with Crippen molar-refractivity contribution in [3.8, 4) is 0 Å². The van der Waals surface area contributed by atoms with Gasteiger partial charge in [0.05, 0.1) is 6.10 Å². The Hall–Kier alpha value is 0.240. The molecule has 0 radical (unpaired) electrons. The van der Waals surface area contributed by atoms with Crippen LogP contribution in [0.15, 0.2) is 11.6 Å². The molecule has 25 heavy (non-hydrogen) atoms. The Kier molecular flexibility index (Phi) is 4.36. The molecule has 3 saturated carbocycles. The molecule has 7 atom stereocenters. The summed E-state index contributed by atoms with van der Waals surface area (Å²) in [4.78, 5) is 12.1. The molecule has 0 aliphatic heterocycles. The molecule has 4 aliphatic carbocycles. The molecule has 0 spiro atoms. The van der Waals surface area contributed by atoms with Gasteiger partial charge in [0.15, 0.2) is 9.58 Å². The predicted octanol–water partition coefficient (Wildman–Crippen LogP) is 5.48. The van der Waals surface area contributed by atoms with Gasteiger partial charge in [0.2, 0.25) is 0 Å². The van der Waals surface area contributed by atoms with Crippen LogP contribution in [0.4, 0.5) is 0 Å². The zero-order valence-corrected chi connectivity index (χ0v) is 17.2. The minimum absolute atomic E-state index is 0.00137. The second kappa shape index (κ2) is 5.87. The van der Waals surface area contributed by atoms with Gasteiger partial charge in [0, 0.05) is 12.3 Å². The number of halogens is 3. The Morgan fingerprint density at radius 2 is 1.84 bits per heavy atom. The van der Waals surface area contributed by atoms with E-state index in [4.69, 9.17) is 34.8 Å². The quantitative estimate of drug-likeness (QED) is 0.542. The maximum Gasteiger partial charge on any atom is 0.197 e. The maximum absolute atomic E-state index is 12.1. The van der Waals surface area contributed by atoms with Gasteiger partial charge < -0.3 is 5.11 Å². The van der Waals surface area contributed by atoms with Crippen molar-refractivity contribution >= 4 is 40.6 Å². The van der Waals surface area contributed by atoms with Gasteiger partial charge in [0.25, 0.3) is 0 Å². The second-order valence-corrected chi connectivity index (χ2v) is 11.7. The van der Waals surface area contributed by atoms with Crippen LogP contribution in [0, 0.1) is 34.5 Å². The van der Waals surface area contributed by atoms with Crippen LogP contribution in [0.1, 0.15) is 58.8 Å². The third-order valence-corrected chi connectivity index (χ3v) is 9.14. The van der Waals surface area contributed by atoms with E-state index < -0.39 is 3.79 Å². The lowest BCUT2D eigenvalue weighted by Gasteiger charge is -2.60. The second-order valence-electron chi connectivity index (χ2n) is 9.33. The van der Waals surface area contributed by atoms with Crippen LogP contribution >= 0.6 is 34.8 Å². The molecule has 1 N–H and O–H groups in total. The van der Waals surface area contributed by atoms with Crippen LogP contribution < -0.4 is 0 Å². The Morgan fingerprint density at radius 1 is 1.12 bits per heavy atom. The fraction of sp³-hybridized carbons (Fsp3) is 0.850. The number of ketones is 1. The van der Waals surface area contributed by atoms with Crippen molar-refractivity contribution in [2.45, 2.75) is 68.7 Å². The van der Waals surface area contributed by atoms with Crippen molar-refractivity contribution in [1.29, 1.82) is 0 Å². The molecular formula is C20H27Cl3O2. The monoisotopic (exact) mass is 404 g/mol. The lowest BCUT2D eigenvalue weighted by Crippen LogP contribution is -2.54. The fourth-order valence-corrected chi connectivity index (χ4v) is 7.54. The highest BCUT2D eigenvalue weighted by atomic mass is 35.6. The van der Waals surface area contributed by atoms with E-state index in [-0.39, 0.29) is 28.6 Å². The number of aliphatic hydroxyl groups excluding tert-OH is 1. The van der Waals surface area contributed by atoms with E-state index in [1.807, 2.05) is 0 Å². The van der Waals surface area contributed by atoms with Crippen molar-refractivity contribution < 1.29 is 9.90 Å². The first kappa shape index (κ1) is 18.6. The molecule has 0 aromatic carbocycles. The first-order chi connectivity index (χ1) is 11.6. The standard InChI is InChI=1S/C20H27Cl3O2/c1-18-7-5-11(24)9-15(18)16(20(21,22)23)10-12-13-3-4-17(25)19(13,2)8-6-14(12)18/h9,12-14,16-17,25H,3-8,10H2,1-2H3/t12-,13-,14-,16?,17-,18+,19-/m0/s1. The number of carbonyl (C=O) groups is 1. The van der Waals surface area contributed by atoms with E-state index in [0.717, 1.165) is 44.1 Å². The van der Waals surface area contributed by atoms with Crippen LogP contribution in [-0.2, 0) is 4.79 Å². The number of fused-ring (bicyclic) bond motifs is 5. The van der Waals surface area contributed by atoms with E-state index in [2.05, 4.69) is 13.8 Å². The molecule has 4 rings (SSSR count). The smallest absolute Gasteiger partial charge is 0.197 e. The zero-order chi connectivity index (χ0) is 18.2. The summed E-state index contributed by atoms with van der Waals surface area (Å²) in [6.07, 6.45) is 8.00. The highest BCUT2D eigenvalue weighted by molar-refractivity contribution is 6.67. The van der Waals surface area contributed by atoms with Crippen LogP contribution in [0.25, 0.3) is 0 Å². The number of alkyl halides is 3. The van der Waals surface area contributed by atoms with Gasteiger partial charge in [-0.3, -0.25) is 4.79 Å². The molecule has 0 bridgehead atoms. The molecule has 0 aromatic heterocycles. The van der Waals surface area contributed by atoms with E-state index in [0.29, 0.717) is 24.2 Å². The summed E-state index contributed by atoms with van der Waals surface area (Å²) in [6, 6.07) is 0. The molecule has 0 amide bonds. The number of hydrogen-bond acceptors (Lipinski definition) is 2. The molecule has 3 fully saturated rings. The molecule has 2 nitrogen and oxygen atoms in total. The Labute approximate surface area is 165 Å². The molecule has 0 saturated heterocycles. The topological polar surface area (TPSA) is 37.3 Å². The number of carbonyl (C=O) groups excluding carboxylic acids is 1. The van der Waals surface area contributed by atoms with Gasteiger partial charge in [-0.25, -0.2) is 0 Å². The zero-order valence-electron chi connectivity index (χ0n) is 14.9. The molecular weight excluding hydrogens is 379 g/mol. The van der Waals surface area contributed by atoms with E-state index in [1.54, 1.807) is 6.08 Å². The van der Waals surface area contributed by atoms with Crippen molar-refractivity contribution in [2.24, 2.45) is 34.5 Å². The first-order valence-corrected chi connectivity index (χ1v) is 10.7. The minimum Gasteiger partial charge on any atom is -0.393 e. The summed E-state index contributed by atoms with van der Waals surface area (Å²) < 4.78 is -1.39. The summed E-state index contributed by atoms with van der Waals surface area (Å²) >= 11 is 19.2. The third kappa shape index (κ3) is 2.65. The van der Waals surface area contributed by atoms with Gasteiger partial charge in [-0.05, 0) is 73.2 Å². The SMILES string of the molecule is C[C@]12CC[C@H]3[C@@H](CC(C(Cl)(Cl)Cl)C4=CC(=O)CC[C@@]43C)[C@@H]1CC[C@@H]2O. The maximum atomic E-state index is 12.1. The van der Waals surface area contributed by atoms with Crippen molar-refractivity contribution in [2.75, 3.05) is 0 Å². The van der Waals surface area contributed by atoms with E-state index in [9.17, 15) is 9.90 Å². The fourth-order valence-electron chi connectivity index (χ4n) is 6.92. The Morgan fingerprint density at radius 3 is 2.52 bits per heavy atom. The van der Waals surface area contributed by atoms with Crippen LogP contribution in [0.3, 0.4) is 0 Å². The van der Waals surface area contributed by atoms with E-state index >= 15 is 0 Å². The minimum atomic E-state index is -1.39. The van der Waals surface area contributed by atoms with Gasteiger partial charge in [-0.1, -0.05) is 54.2 Å². The normalized spacial score (nSPS) is 49.9. The number of aliphatic hydroxyl groups is 1. The van der Waals surface area contributed by atoms with Gasteiger partial charge in [-0.15, -0.1) is 0 Å². The van der Waals surface area contributed by atoms with Crippen LogP contribution in [0.2, 0.25) is 0 Å². The van der Waals surface area contributed by atoms with Gasteiger partial charge in [-0.2, -0.15) is 0 Å². The third-order valence-electron chi connectivity index (χ3n) is 8.35. The van der Waals surface area contributed by atoms with Crippen molar-refractivity contribution in [1.82, 2.24) is 0 Å². The molecule has 0 heterocycles. The first-order valence-electron chi connectivity index (χ1n) is 9.57. The predicted molar refractivity (Wildman–Crippen MR) is 102 cm³/mol. The largest absolute Gasteiger partial charge is 0.393 e. The van der Waals surface area contributed by atoms with E-state index in [1.165, 1.54) is 0 Å². The summed E-state index contributed by atoms with van der Waals surface area (Å²) in [6.45, 7) is 4.55. The average molecular weight is 406 g/mol. The van der Waals surface area contributed by atoms with Crippen molar-refractivity contribution in [3.05, 3.63) is 11.6 Å². The lowest BCUT2D eigenvalue weighted by molar-refractivity contribution is -0.118.